The van der Waals surface area contributed by atoms with Gasteiger partial charge in [0.15, 0.2) is 5.78 Å². The molecular formula is C19H22N4O2S2. The van der Waals surface area contributed by atoms with E-state index in [0.717, 1.165) is 24.3 Å². The van der Waals surface area contributed by atoms with Crippen LogP contribution in [0, 0.1) is 10.6 Å². The van der Waals surface area contributed by atoms with E-state index >= 15 is 0 Å². The third-order valence-corrected chi connectivity index (χ3v) is 6.68. The number of hydrogen-bond acceptors (Lipinski definition) is 6. The highest BCUT2D eigenvalue weighted by atomic mass is 32.2. The van der Waals surface area contributed by atoms with Gasteiger partial charge in [0.2, 0.25) is 0 Å². The van der Waals surface area contributed by atoms with Crippen molar-refractivity contribution in [2.45, 2.75) is 24.9 Å². The molecule has 0 saturated heterocycles. The van der Waals surface area contributed by atoms with Gasteiger partial charge in [-0.05, 0) is 18.8 Å². The number of Topliss-reactive ketones (excluding diaryl/α,β-unsaturated/α-hetero) is 1. The van der Waals surface area contributed by atoms with Crippen LogP contribution in [0.2, 0.25) is 0 Å². The molecule has 27 heavy (non-hydrogen) atoms. The minimum atomic E-state index is -0.142. The first-order valence-corrected chi connectivity index (χ1v) is 10.5. The molecule has 1 aliphatic heterocycles. The van der Waals surface area contributed by atoms with Gasteiger partial charge in [-0.1, -0.05) is 42.5 Å². The van der Waals surface area contributed by atoms with Crippen molar-refractivity contribution in [3.63, 3.8) is 0 Å². The van der Waals surface area contributed by atoms with Gasteiger partial charge in [0.1, 0.15) is 21.6 Å². The van der Waals surface area contributed by atoms with E-state index in [1.165, 1.54) is 11.8 Å². The molecule has 1 aromatic heterocycles. The predicted molar refractivity (Wildman–Crippen MR) is 112 cm³/mol. The van der Waals surface area contributed by atoms with Gasteiger partial charge in [0.25, 0.3) is 0 Å². The molecule has 6 nitrogen and oxygen atoms in total. The summed E-state index contributed by atoms with van der Waals surface area (Å²) in [4.78, 5) is 27.1. The van der Waals surface area contributed by atoms with Crippen LogP contribution in [0.5, 0.6) is 0 Å². The van der Waals surface area contributed by atoms with Crippen molar-refractivity contribution in [3.05, 3.63) is 51.0 Å². The van der Waals surface area contributed by atoms with Gasteiger partial charge < -0.3 is 10.2 Å². The standard InChI is InChI=1S/C19H22N4O2S2/c1-21-16-15(17(26)23(10-12-8-9-12)19(25)22(16)2)20-18(21)27-11-14(24)13-6-4-3-5-7-13/h3-7,12,18,20H,8-11H2,1-2H3. The fourth-order valence-corrected chi connectivity index (χ4v) is 4.67. The summed E-state index contributed by atoms with van der Waals surface area (Å²) in [5.74, 6) is 1.78. The van der Waals surface area contributed by atoms with Crippen LogP contribution in [-0.2, 0) is 13.6 Å². The van der Waals surface area contributed by atoms with E-state index in [1.54, 1.807) is 16.2 Å². The van der Waals surface area contributed by atoms with E-state index in [2.05, 4.69) is 5.32 Å². The summed E-state index contributed by atoms with van der Waals surface area (Å²) in [6.45, 7) is 0.689. The van der Waals surface area contributed by atoms with E-state index in [1.807, 2.05) is 42.3 Å². The third-order valence-electron chi connectivity index (χ3n) is 5.08. The largest absolute Gasteiger partial charge is 0.351 e. The number of carbonyl (C=O) groups is 1. The molecule has 2 aliphatic rings. The smallest absolute Gasteiger partial charge is 0.330 e. The molecule has 4 rings (SSSR count). The van der Waals surface area contributed by atoms with Crippen molar-refractivity contribution in [1.82, 2.24) is 9.13 Å². The van der Waals surface area contributed by atoms with Crippen molar-refractivity contribution in [3.8, 4) is 0 Å². The second kappa shape index (κ2) is 7.16. The quantitative estimate of drug-likeness (QED) is 0.592. The monoisotopic (exact) mass is 402 g/mol. The Labute approximate surface area is 167 Å². The number of thioether (sulfide) groups is 1. The van der Waals surface area contributed by atoms with E-state index in [4.69, 9.17) is 12.2 Å². The number of carbonyl (C=O) groups excluding carboxylic acids is 1. The molecule has 0 spiro atoms. The molecule has 8 heteroatoms. The highest BCUT2D eigenvalue weighted by Crippen LogP contribution is 2.38. The average molecular weight is 403 g/mol. The lowest BCUT2D eigenvalue weighted by molar-refractivity contribution is 0.102. The summed E-state index contributed by atoms with van der Waals surface area (Å²) in [5.41, 5.74) is 1.30. The molecule has 142 valence electrons. The average Bonchev–Trinajstić information content (AvgIpc) is 3.44. The number of anilines is 2. The Balaban J connectivity index is 1.55. The van der Waals surface area contributed by atoms with E-state index in [0.29, 0.717) is 28.4 Å². The predicted octanol–water partition coefficient (Wildman–Crippen LogP) is 3.09. The van der Waals surface area contributed by atoms with Crippen molar-refractivity contribution in [1.29, 1.82) is 0 Å². The Bertz CT molecular complexity index is 995. The number of aromatic nitrogens is 2. The summed E-state index contributed by atoms with van der Waals surface area (Å²) in [6, 6.07) is 9.29. The fourth-order valence-electron chi connectivity index (χ4n) is 3.36. The first kappa shape index (κ1) is 18.3. The minimum Gasteiger partial charge on any atom is -0.351 e. The van der Waals surface area contributed by atoms with Crippen molar-refractivity contribution < 1.29 is 4.79 Å². The van der Waals surface area contributed by atoms with E-state index in [9.17, 15) is 9.59 Å². The fraction of sp³-hybridized carbons (Fsp3) is 0.421. The van der Waals surface area contributed by atoms with E-state index in [-0.39, 0.29) is 17.0 Å². The summed E-state index contributed by atoms with van der Waals surface area (Å²) in [6.07, 6.45) is 2.32. The molecule has 2 heterocycles. The molecule has 1 aliphatic carbocycles. The minimum absolute atomic E-state index is 0.0784. The number of nitrogens with zero attached hydrogens (tertiary/aromatic N) is 3. The van der Waals surface area contributed by atoms with Gasteiger partial charge in [-0.15, -0.1) is 11.8 Å². The molecule has 1 unspecified atom stereocenters. The molecule has 1 N–H and O–H groups in total. The Kier molecular flexibility index (Phi) is 4.86. The second-order valence-corrected chi connectivity index (χ2v) is 8.56. The lowest BCUT2D eigenvalue weighted by Crippen LogP contribution is -2.34. The van der Waals surface area contributed by atoms with Crippen LogP contribution in [0.25, 0.3) is 0 Å². The van der Waals surface area contributed by atoms with E-state index < -0.39 is 0 Å². The van der Waals surface area contributed by atoms with Gasteiger partial charge in [-0.3, -0.25) is 13.9 Å². The van der Waals surface area contributed by atoms with Crippen molar-refractivity contribution >= 4 is 41.3 Å². The molecule has 0 radical (unpaired) electrons. The van der Waals surface area contributed by atoms with Gasteiger partial charge in [0, 0.05) is 26.2 Å². The van der Waals surface area contributed by atoms with Crippen molar-refractivity contribution in [2.24, 2.45) is 13.0 Å². The Morgan fingerprint density at radius 1 is 1.26 bits per heavy atom. The van der Waals surface area contributed by atoms with Crippen LogP contribution in [0.15, 0.2) is 35.1 Å². The summed E-state index contributed by atoms with van der Waals surface area (Å²) in [5, 5.41) is 3.41. The van der Waals surface area contributed by atoms with Gasteiger partial charge in [0.05, 0.1) is 5.75 Å². The topological polar surface area (TPSA) is 59.3 Å². The van der Waals surface area contributed by atoms with Crippen LogP contribution in [0.1, 0.15) is 23.2 Å². The Morgan fingerprint density at radius 3 is 2.63 bits per heavy atom. The lowest BCUT2D eigenvalue weighted by Gasteiger charge is -2.22. The number of nitrogens with one attached hydrogen (secondary N) is 1. The van der Waals surface area contributed by atoms with Crippen LogP contribution in [-0.4, -0.2) is 33.2 Å². The molecule has 0 bridgehead atoms. The summed E-state index contributed by atoms with van der Waals surface area (Å²) in [7, 11) is 3.70. The van der Waals surface area contributed by atoms with Crippen LogP contribution >= 0.6 is 24.0 Å². The Morgan fingerprint density at radius 2 is 1.96 bits per heavy atom. The lowest BCUT2D eigenvalue weighted by atomic mass is 10.2. The normalized spacial score (nSPS) is 18.3. The van der Waals surface area contributed by atoms with Gasteiger partial charge in [-0.2, -0.15) is 0 Å². The molecule has 1 aromatic carbocycles. The molecule has 1 fully saturated rings. The zero-order chi connectivity index (χ0) is 19.1. The SMILES string of the molecule is CN1c2c(c(=S)n(CC3CC3)c(=O)n2C)NC1SCC(=O)c1ccccc1. The number of ketones is 1. The highest BCUT2D eigenvalue weighted by molar-refractivity contribution is 8.00. The summed E-state index contributed by atoms with van der Waals surface area (Å²) >= 11 is 7.12. The maximum absolute atomic E-state index is 12.8. The molecule has 0 amide bonds. The molecule has 1 saturated carbocycles. The number of benzene rings is 1. The highest BCUT2D eigenvalue weighted by Gasteiger charge is 2.33. The second-order valence-electron chi connectivity index (χ2n) is 7.11. The molecular weight excluding hydrogens is 380 g/mol. The van der Waals surface area contributed by atoms with Crippen LogP contribution in [0.3, 0.4) is 0 Å². The number of hydrogen-bond donors (Lipinski definition) is 1. The van der Waals surface area contributed by atoms with Gasteiger partial charge in [-0.25, -0.2) is 4.79 Å². The van der Waals surface area contributed by atoms with Crippen molar-refractivity contribution in [2.75, 3.05) is 23.0 Å². The first-order chi connectivity index (χ1) is 13.0. The van der Waals surface area contributed by atoms with Crippen LogP contribution < -0.4 is 15.9 Å². The number of fused-ring (bicyclic) bond motifs is 1. The third kappa shape index (κ3) is 3.43. The molecule has 2 aromatic rings. The summed E-state index contributed by atoms with van der Waals surface area (Å²) < 4.78 is 3.92. The molecule has 1 atom stereocenters. The Hall–Kier alpha value is -2.06. The van der Waals surface area contributed by atoms with Gasteiger partial charge >= 0.3 is 5.69 Å². The zero-order valence-electron chi connectivity index (χ0n) is 15.3. The maximum Gasteiger partial charge on any atom is 0.330 e. The van der Waals surface area contributed by atoms with Crippen LogP contribution in [0.4, 0.5) is 11.5 Å². The maximum atomic E-state index is 12.8. The zero-order valence-corrected chi connectivity index (χ0v) is 17.0. The number of rotatable bonds is 6. The first-order valence-electron chi connectivity index (χ1n) is 9.00.